The molecule has 0 aliphatic heterocycles. The number of nitrogens with one attached hydrogen (secondary N) is 1. The lowest BCUT2D eigenvalue weighted by Gasteiger charge is -2.26. The van der Waals surface area contributed by atoms with Gasteiger partial charge in [0, 0.05) is 12.1 Å². The summed E-state index contributed by atoms with van der Waals surface area (Å²) in [6.07, 6.45) is 13.7. The molecular weight excluding hydrogens is 246 g/mol. The predicted molar refractivity (Wildman–Crippen MR) is 90.1 cm³/mol. The molecule has 0 aromatic heterocycles. The minimum atomic E-state index is 0.213. The Balaban J connectivity index is 3.81. The first-order valence-electron chi connectivity index (χ1n) is 8.63. The molecule has 0 aromatic carbocycles. The average molecular weight is 284 g/mol. The fourth-order valence-electron chi connectivity index (χ4n) is 2.58. The molecule has 0 heterocycles. The zero-order chi connectivity index (χ0) is 15.2. The second-order valence-corrected chi connectivity index (χ2v) is 6.33. The molecule has 2 atom stereocenters. The fraction of sp³-hybridized carbons (Fsp3) is 0.889. The summed E-state index contributed by atoms with van der Waals surface area (Å²) < 4.78 is 0. The van der Waals surface area contributed by atoms with Crippen LogP contribution in [-0.2, 0) is 0 Å². The Morgan fingerprint density at radius 2 is 1.65 bits per heavy atom. The van der Waals surface area contributed by atoms with Crippen molar-refractivity contribution in [1.29, 1.82) is 0 Å². The van der Waals surface area contributed by atoms with E-state index in [0.29, 0.717) is 12.0 Å². The van der Waals surface area contributed by atoms with Crippen molar-refractivity contribution in [3.63, 3.8) is 0 Å². The number of unbranched alkanes of at least 4 members (excludes halogenated alkanes) is 6. The van der Waals surface area contributed by atoms with Crippen molar-refractivity contribution < 1.29 is 5.11 Å². The molecule has 2 nitrogen and oxygen atoms in total. The molecule has 0 amide bonds. The first kappa shape index (κ1) is 19.7. The lowest BCUT2D eigenvalue weighted by Crippen LogP contribution is -2.43. The van der Waals surface area contributed by atoms with Gasteiger partial charge >= 0.3 is 0 Å². The molecule has 0 aliphatic carbocycles. The summed E-state index contributed by atoms with van der Waals surface area (Å²) in [7, 11) is 0. The van der Waals surface area contributed by atoms with E-state index < -0.39 is 0 Å². The molecular formula is C18H37NO. The maximum atomic E-state index is 9.42. The number of rotatable bonds is 14. The van der Waals surface area contributed by atoms with Crippen LogP contribution in [0.15, 0.2) is 12.7 Å². The first-order valence-corrected chi connectivity index (χ1v) is 8.63. The van der Waals surface area contributed by atoms with Gasteiger partial charge in [-0.3, -0.25) is 0 Å². The molecule has 20 heavy (non-hydrogen) atoms. The largest absolute Gasteiger partial charge is 0.395 e. The second-order valence-electron chi connectivity index (χ2n) is 6.33. The van der Waals surface area contributed by atoms with Crippen LogP contribution < -0.4 is 5.32 Å². The van der Waals surface area contributed by atoms with E-state index in [0.717, 1.165) is 6.42 Å². The molecule has 0 unspecified atom stereocenters. The highest BCUT2D eigenvalue weighted by Crippen LogP contribution is 2.13. The Morgan fingerprint density at radius 3 is 2.15 bits per heavy atom. The Morgan fingerprint density at radius 1 is 1.05 bits per heavy atom. The van der Waals surface area contributed by atoms with Crippen LogP contribution in [-0.4, -0.2) is 23.8 Å². The van der Waals surface area contributed by atoms with Crippen molar-refractivity contribution in [3.8, 4) is 0 Å². The van der Waals surface area contributed by atoms with E-state index in [1.807, 2.05) is 6.08 Å². The lowest BCUT2D eigenvalue weighted by atomic mass is 9.99. The highest BCUT2D eigenvalue weighted by molar-refractivity contribution is 4.82. The molecule has 0 spiro atoms. The topological polar surface area (TPSA) is 32.3 Å². The maximum Gasteiger partial charge on any atom is 0.0587 e. The number of aliphatic hydroxyl groups excluding tert-OH is 1. The van der Waals surface area contributed by atoms with Gasteiger partial charge in [0.1, 0.15) is 0 Å². The average Bonchev–Trinajstić information content (AvgIpc) is 2.43. The van der Waals surface area contributed by atoms with Gasteiger partial charge in [0.2, 0.25) is 0 Å². The summed E-state index contributed by atoms with van der Waals surface area (Å²) in [5.74, 6) is 0.473. The Hall–Kier alpha value is -0.340. The van der Waals surface area contributed by atoms with Crippen molar-refractivity contribution in [3.05, 3.63) is 12.7 Å². The van der Waals surface area contributed by atoms with Gasteiger partial charge in [-0.05, 0) is 18.8 Å². The van der Waals surface area contributed by atoms with Gasteiger partial charge in [0.15, 0.2) is 0 Å². The normalized spacial score (nSPS) is 14.4. The van der Waals surface area contributed by atoms with E-state index in [1.165, 1.54) is 51.4 Å². The Labute approximate surface area is 127 Å². The monoisotopic (exact) mass is 283 g/mol. The third kappa shape index (κ3) is 10.4. The molecule has 0 saturated heterocycles. The minimum Gasteiger partial charge on any atom is -0.395 e. The van der Waals surface area contributed by atoms with Crippen molar-refractivity contribution in [1.82, 2.24) is 5.32 Å². The van der Waals surface area contributed by atoms with Gasteiger partial charge in [-0.25, -0.2) is 0 Å². The summed E-state index contributed by atoms with van der Waals surface area (Å²) in [6, 6.07) is 0.687. The summed E-state index contributed by atoms with van der Waals surface area (Å²) in [6.45, 7) is 10.7. The van der Waals surface area contributed by atoms with Crippen LogP contribution in [0.4, 0.5) is 0 Å². The van der Waals surface area contributed by atoms with Crippen LogP contribution in [0.3, 0.4) is 0 Å². The first-order chi connectivity index (χ1) is 9.65. The molecule has 0 aromatic rings. The SMILES string of the molecule is C=CC[C@@H](CCCCCCCCC)N[C@H](CO)C(C)C. The third-order valence-electron chi connectivity index (χ3n) is 4.06. The summed E-state index contributed by atoms with van der Waals surface area (Å²) in [5.41, 5.74) is 0. The molecule has 0 rings (SSSR count). The van der Waals surface area contributed by atoms with Crippen molar-refractivity contribution in [2.24, 2.45) is 5.92 Å². The van der Waals surface area contributed by atoms with E-state index in [-0.39, 0.29) is 12.6 Å². The van der Waals surface area contributed by atoms with Gasteiger partial charge in [0.05, 0.1) is 6.61 Å². The minimum absolute atomic E-state index is 0.213. The summed E-state index contributed by atoms with van der Waals surface area (Å²) >= 11 is 0. The number of hydrogen-bond acceptors (Lipinski definition) is 2. The number of aliphatic hydroxyl groups is 1. The maximum absolute atomic E-state index is 9.42. The van der Waals surface area contributed by atoms with E-state index in [9.17, 15) is 5.11 Å². The Bertz CT molecular complexity index is 215. The molecule has 2 heteroatoms. The van der Waals surface area contributed by atoms with E-state index in [4.69, 9.17) is 0 Å². The van der Waals surface area contributed by atoms with E-state index in [2.05, 4.69) is 32.7 Å². The smallest absolute Gasteiger partial charge is 0.0587 e. The lowest BCUT2D eigenvalue weighted by molar-refractivity contribution is 0.196. The molecule has 2 N–H and O–H groups in total. The highest BCUT2D eigenvalue weighted by Gasteiger charge is 2.16. The second kappa shape index (κ2) is 13.6. The van der Waals surface area contributed by atoms with Crippen LogP contribution in [0, 0.1) is 5.92 Å². The highest BCUT2D eigenvalue weighted by atomic mass is 16.3. The molecule has 120 valence electrons. The van der Waals surface area contributed by atoms with E-state index in [1.54, 1.807) is 0 Å². The van der Waals surface area contributed by atoms with Crippen LogP contribution in [0.5, 0.6) is 0 Å². The Kier molecular flexibility index (Phi) is 13.4. The van der Waals surface area contributed by atoms with Crippen LogP contribution >= 0.6 is 0 Å². The predicted octanol–water partition coefficient (Wildman–Crippen LogP) is 4.68. The fourth-order valence-corrected chi connectivity index (χ4v) is 2.58. The zero-order valence-electron chi connectivity index (χ0n) is 14.0. The van der Waals surface area contributed by atoms with Gasteiger partial charge in [-0.2, -0.15) is 0 Å². The molecule has 0 radical (unpaired) electrons. The molecule has 0 fully saturated rings. The van der Waals surface area contributed by atoms with E-state index >= 15 is 0 Å². The van der Waals surface area contributed by atoms with Gasteiger partial charge in [0.25, 0.3) is 0 Å². The van der Waals surface area contributed by atoms with Crippen molar-refractivity contribution in [2.45, 2.75) is 90.6 Å². The van der Waals surface area contributed by atoms with Crippen LogP contribution in [0.2, 0.25) is 0 Å². The third-order valence-corrected chi connectivity index (χ3v) is 4.06. The number of hydrogen-bond donors (Lipinski definition) is 2. The van der Waals surface area contributed by atoms with Gasteiger partial charge in [-0.1, -0.05) is 71.8 Å². The van der Waals surface area contributed by atoms with Crippen LogP contribution in [0.25, 0.3) is 0 Å². The summed E-state index contributed by atoms with van der Waals surface area (Å²) in [5, 5.41) is 13.0. The molecule has 0 aliphatic rings. The molecule has 0 bridgehead atoms. The quantitative estimate of drug-likeness (QED) is 0.358. The van der Waals surface area contributed by atoms with Gasteiger partial charge < -0.3 is 10.4 Å². The zero-order valence-corrected chi connectivity index (χ0v) is 14.0. The van der Waals surface area contributed by atoms with Gasteiger partial charge in [-0.15, -0.1) is 6.58 Å². The molecule has 0 saturated carbocycles. The standard InChI is InChI=1S/C18H37NO/c1-5-7-8-9-10-11-12-14-17(13-6-2)19-18(15-20)16(3)4/h6,16-20H,2,5,7-15H2,1,3-4H3/t17-,18+/m0/s1. The van der Waals surface area contributed by atoms with Crippen molar-refractivity contribution >= 4 is 0 Å². The van der Waals surface area contributed by atoms with Crippen molar-refractivity contribution in [2.75, 3.05) is 6.61 Å². The summed E-state index contributed by atoms with van der Waals surface area (Å²) in [4.78, 5) is 0. The van der Waals surface area contributed by atoms with Crippen LogP contribution in [0.1, 0.15) is 78.6 Å².